The summed E-state index contributed by atoms with van der Waals surface area (Å²) in [5.41, 5.74) is 0. The van der Waals surface area contributed by atoms with E-state index in [1.165, 1.54) is 0 Å². The summed E-state index contributed by atoms with van der Waals surface area (Å²) >= 11 is 0. The van der Waals surface area contributed by atoms with Crippen LogP contribution in [0.4, 0.5) is 0 Å². The molecule has 0 radical (unpaired) electrons. The molecular weight excluding hydrogens is 180 g/mol. The molecule has 1 atom stereocenters. The molecule has 0 aliphatic rings. The van der Waals surface area contributed by atoms with E-state index in [4.69, 9.17) is 0 Å². The second kappa shape index (κ2) is 6.18. The van der Waals surface area contributed by atoms with Crippen molar-refractivity contribution in [2.45, 2.75) is 26.8 Å². The minimum atomic E-state index is -0.515. The lowest BCUT2D eigenvalue weighted by atomic mass is 10.2. The largest absolute Gasteiger partial charge is 0.354 e. The van der Waals surface area contributed by atoms with Gasteiger partial charge >= 0.3 is 0 Å². The van der Waals surface area contributed by atoms with Gasteiger partial charge in [0.1, 0.15) is 6.04 Å². The van der Waals surface area contributed by atoms with Crippen LogP contribution in [0.5, 0.6) is 0 Å². The first-order valence-corrected chi connectivity index (χ1v) is 4.68. The molecule has 0 aliphatic carbocycles. The van der Waals surface area contributed by atoms with Crippen LogP contribution in [0.15, 0.2) is 12.7 Å². The van der Waals surface area contributed by atoms with Crippen LogP contribution < -0.4 is 10.6 Å². The highest BCUT2D eigenvalue weighted by Gasteiger charge is 2.13. The zero-order valence-corrected chi connectivity index (χ0v) is 8.96. The SMILES string of the molecule is C=CC(=O)NC(C)C(=O)NCC(C)C. The zero-order valence-electron chi connectivity index (χ0n) is 8.96. The number of hydrogen-bond donors (Lipinski definition) is 2. The molecular formula is C10H18N2O2. The maximum absolute atomic E-state index is 11.3. The van der Waals surface area contributed by atoms with E-state index < -0.39 is 6.04 Å². The predicted molar refractivity (Wildman–Crippen MR) is 55.6 cm³/mol. The van der Waals surface area contributed by atoms with Crippen LogP contribution in [0.25, 0.3) is 0 Å². The molecule has 0 saturated carbocycles. The molecule has 4 heteroatoms. The van der Waals surface area contributed by atoms with Crippen LogP contribution in [0.3, 0.4) is 0 Å². The summed E-state index contributed by atoms with van der Waals surface area (Å²) in [6.45, 7) is 9.57. The Morgan fingerprint density at radius 1 is 1.36 bits per heavy atom. The maximum Gasteiger partial charge on any atom is 0.244 e. The number of hydrogen-bond acceptors (Lipinski definition) is 2. The molecule has 14 heavy (non-hydrogen) atoms. The average molecular weight is 198 g/mol. The van der Waals surface area contributed by atoms with Crippen molar-refractivity contribution in [1.29, 1.82) is 0 Å². The molecule has 0 aliphatic heterocycles. The summed E-state index contributed by atoms with van der Waals surface area (Å²) in [4.78, 5) is 22.2. The summed E-state index contributed by atoms with van der Waals surface area (Å²) in [5.74, 6) is -0.104. The van der Waals surface area contributed by atoms with Gasteiger partial charge in [0.05, 0.1) is 0 Å². The van der Waals surface area contributed by atoms with Crippen LogP contribution in [-0.4, -0.2) is 24.4 Å². The molecule has 0 heterocycles. The topological polar surface area (TPSA) is 58.2 Å². The summed E-state index contributed by atoms with van der Waals surface area (Å²) in [7, 11) is 0. The summed E-state index contributed by atoms with van der Waals surface area (Å²) < 4.78 is 0. The van der Waals surface area contributed by atoms with Crippen molar-refractivity contribution in [3.8, 4) is 0 Å². The lowest BCUT2D eigenvalue weighted by molar-refractivity contribution is -0.126. The molecule has 2 N–H and O–H groups in total. The highest BCUT2D eigenvalue weighted by molar-refractivity contribution is 5.92. The number of carbonyl (C=O) groups excluding carboxylic acids is 2. The van der Waals surface area contributed by atoms with E-state index in [0.29, 0.717) is 12.5 Å². The van der Waals surface area contributed by atoms with Gasteiger partial charge in [0.2, 0.25) is 11.8 Å². The van der Waals surface area contributed by atoms with E-state index >= 15 is 0 Å². The van der Waals surface area contributed by atoms with E-state index in [1.54, 1.807) is 6.92 Å². The van der Waals surface area contributed by atoms with Crippen molar-refractivity contribution in [2.24, 2.45) is 5.92 Å². The van der Waals surface area contributed by atoms with Crippen molar-refractivity contribution in [1.82, 2.24) is 10.6 Å². The van der Waals surface area contributed by atoms with Crippen molar-refractivity contribution in [3.63, 3.8) is 0 Å². The van der Waals surface area contributed by atoms with Crippen molar-refractivity contribution >= 4 is 11.8 Å². The molecule has 0 aromatic rings. The van der Waals surface area contributed by atoms with Gasteiger partial charge < -0.3 is 10.6 Å². The van der Waals surface area contributed by atoms with Crippen LogP contribution >= 0.6 is 0 Å². The zero-order chi connectivity index (χ0) is 11.1. The Bertz CT molecular complexity index is 224. The van der Waals surface area contributed by atoms with Gasteiger partial charge in [-0.15, -0.1) is 0 Å². The first kappa shape index (κ1) is 12.7. The maximum atomic E-state index is 11.3. The third kappa shape index (κ3) is 5.35. The lowest BCUT2D eigenvalue weighted by Gasteiger charge is -2.13. The molecule has 0 saturated heterocycles. The second-order valence-electron chi connectivity index (χ2n) is 3.57. The fourth-order valence-electron chi connectivity index (χ4n) is 0.796. The number of amides is 2. The van der Waals surface area contributed by atoms with Gasteiger partial charge in [0.25, 0.3) is 0 Å². The Kier molecular flexibility index (Phi) is 5.60. The van der Waals surface area contributed by atoms with Gasteiger partial charge in [-0.25, -0.2) is 0 Å². The lowest BCUT2D eigenvalue weighted by Crippen LogP contribution is -2.45. The quantitative estimate of drug-likeness (QED) is 0.630. The monoisotopic (exact) mass is 198 g/mol. The molecule has 0 spiro atoms. The van der Waals surface area contributed by atoms with E-state index in [9.17, 15) is 9.59 Å². The smallest absolute Gasteiger partial charge is 0.244 e. The van der Waals surface area contributed by atoms with E-state index in [-0.39, 0.29) is 11.8 Å². The van der Waals surface area contributed by atoms with Gasteiger partial charge in [-0.2, -0.15) is 0 Å². The first-order valence-electron chi connectivity index (χ1n) is 4.68. The minimum absolute atomic E-state index is 0.172. The first-order chi connectivity index (χ1) is 6.47. The molecule has 80 valence electrons. The third-order valence-corrected chi connectivity index (χ3v) is 1.62. The van der Waals surface area contributed by atoms with Gasteiger partial charge in [-0.3, -0.25) is 9.59 Å². The third-order valence-electron chi connectivity index (χ3n) is 1.62. The molecule has 0 rings (SSSR count). The molecule has 0 aromatic heterocycles. The van der Waals surface area contributed by atoms with Crippen LogP contribution in [0.1, 0.15) is 20.8 Å². The van der Waals surface area contributed by atoms with Crippen molar-refractivity contribution in [2.75, 3.05) is 6.54 Å². The van der Waals surface area contributed by atoms with Gasteiger partial charge in [0, 0.05) is 6.54 Å². The van der Waals surface area contributed by atoms with Gasteiger partial charge in [0.15, 0.2) is 0 Å². The highest BCUT2D eigenvalue weighted by atomic mass is 16.2. The van der Waals surface area contributed by atoms with E-state index in [1.807, 2.05) is 13.8 Å². The molecule has 2 amide bonds. The Morgan fingerprint density at radius 3 is 2.36 bits per heavy atom. The Balaban J connectivity index is 3.87. The minimum Gasteiger partial charge on any atom is -0.354 e. The standard InChI is InChI=1S/C10H18N2O2/c1-5-9(13)12-8(4)10(14)11-6-7(2)3/h5,7-8H,1,6H2,2-4H3,(H,11,14)(H,12,13). The molecule has 4 nitrogen and oxygen atoms in total. The van der Waals surface area contributed by atoms with Gasteiger partial charge in [-0.1, -0.05) is 20.4 Å². The summed E-state index contributed by atoms with van der Waals surface area (Å²) in [6.07, 6.45) is 1.15. The van der Waals surface area contributed by atoms with Gasteiger partial charge in [-0.05, 0) is 18.9 Å². The van der Waals surface area contributed by atoms with Crippen LogP contribution in [0, 0.1) is 5.92 Å². The van der Waals surface area contributed by atoms with Crippen LogP contribution in [-0.2, 0) is 9.59 Å². The predicted octanol–water partition coefficient (Wildman–Crippen LogP) is 0.449. The second-order valence-corrected chi connectivity index (χ2v) is 3.57. The Labute approximate surface area is 84.8 Å². The fraction of sp³-hybridized carbons (Fsp3) is 0.600. The van der Waals surface area contributed by atoms with Crippen LogP contribution in [0.2, 0.25) is 0 Å². The van der Waals surface area contributed by atoms with E-state index in [0.717, 1.165) is 6.08 Å². The number of nitrogens with one attached hydrogen (secondary N) is 2. The normalized spacial score (nSPS) is 12.0. The molecule has 0 bridgehead atoms. The molecule has 0 fully saturated rings. The highest BCUT2D eigenvalue weighted by Crippen LogP contribution is 1.89. The Morgan fingerprint density at radius 2 is 1.93 bits per heavy atom. The average Bonchev–Trinajstić information content (AvgIpc) is 2.13. The summed E-state index contributed by atoms with van der Waals surface area (Å²) in [6, 6.07) is -0.515. The Hall–Kier alpha value is -1.32. The van der Waals surface area contributed by atoms with Crippen molar-refractivity contribution in [3.05, 3.63) is 12.7 Å². The summed E-state index contributed by atoms with van der Waals surface area (Å²) in [5, 5.41) is 5.21. The number of carbonyl (C=O) groups is 2. The molecule has 1 unspecified atom stereocenters. The van der Waals surface area contributed by atoms with Crippen molar-refractivity contribution < 1.29 is 9.59 Å². The van der Waals surface area contributed by atoms with E-state index in [2.05, 4.69) is 17.2 Å². The number of rotatable bonds is 5. The molecule has 0 aromatic carbocycles. The fourth-order valence-corrected chi connectivity index (χ4v) is 0.796.